The first-order valence-electron chi connectivity index (χ1n) is 9.17. The Morgan fingerprint density at radius 3 is 2.67 bits per heavy atom. The van der Waals surface area contributed by atoms with E-state index in [1.165, 1.54) is 31.4 Å². The number of furan rings is 1. The van der Waals surface area contributed by atoms with Crippen LogP contribution in [0.15, 0.2) is 64.1 Å². The normalized spacial score (nSPS) is 11.1. The maximum absolute atomic E-state index is 13.2. The lowest BCUT2D eigenvalue weighted by molar-refractivity contribution is -0.402. The summed E-state index contributed by atoms with van der Waals surface area (Å²) >= 11 is 1.14. The van der Waals surface area contributed by atoms with E-state index in [4.69, 9.17) is 9.15 Å². The molecule has 2 heterocycles. The lowest BCUT2D eigenvalue weighted by Gasteiger charge is -2.13. The molecule has 12 nitrogen and oxygen atoms in total. The van der Waals surface area contributed by atoms with Gasteiger partial charge in [0.25, 0.3) is 11.6 Å². The van der Waals surface area contributed by atoms with Crippen LogP contribution in [0, 0.1) is 20.2 Å². The fourth-order valence-electron chi connectivity index (χ4n) is 2.80. The zero-order valence-electron chi connectivity index (χ0n) is 16.8. The number of rotatable bonds is 7. The number of amides is 1. The van der Waals surface area contributed by atoms with Crippen LogP contribution in [0.2, 0.25) is 0 Å². The Kier molecular flexibility index (Phi) is 5.78. The number of hydrogen-bond donors (Lipinski definition) is 0. The summed E-state index contributed by atoms with van der Waals surface area (Å²) in [6.45, 7) is 0. The van der Waals surface area contributed by atoms with E-state index < -0.39 is 21.6 Å². The van der Waals surface area contributed by atoms with Crippen molar-refractivity contribution in [3.63, 3.8) is 0 Å². The summed E-state index contributed by atoms with van der Waals surface area (Å²) in [5.74, 6) is -0.552. The number of carbonyl (C=O) groups excluding carboxylic acids is 1. The van der Waals surface area contributed by atoms with Gasteiger partial charge in [0.1, 0.15) is 10.7 Å². The number of thiazole rings is 1. The molecule has 33 heavy (non-hydrogen) atoms. The topological polar surface area (TPSA) is 154 Å². The molecular formula is C20H13N5O7S. The van der Waals surface area contributed by atoms with Crippen LogP contribution >= 0.6 is 11.3 Å². The summed E-state index contributed by atoms with van der Waals surface area (Å²) in [6.07, 6.45) is 1.12. The third-order valence-corrected chi connectivity index (χ3v) is 5.35. The third kappa shape index (κ3) is 4.52. The predicted octanol–water partition coefficient (Wildman–Crippen LogP) is 4.40. The summed E-state index contributed by atoms with van der Waals surface area (Å²) in [5.41, 5.74) is 0.320. The molecule has 166 valence electrons. The van der Waals surface area contributed by atoms with Crippen molar-refractivity contribution in [2.45, 2.75) is 0 Å². The van der Waals surface area contributed by atoms with E-state index >= 15 is 0 Å². The highest BCUT2D eigenvalue weighted by atomic mass is 32.1. The molecule has 0 saturated heterocycles. The quantitative estimate of drug-likeness (QED) is 0.220. The molecule has 0 spiro atoms. The molecule has 0 N–H and O–H groups in total. The number of anilines is 1. The fraction of sp³-hybridized carbons (Fsp3) is 0.0500. The summed E-state index contributed by atoms with van der Waals surface area (Å²) in [7, 11) is 1.52. The first-order valence-corrected chi connectivity index (χ1v) is 9.99. The molecule has 0 aliphatic carbocycles. The lowest BCUT2D eigenvalue weighted by atomic mass is 10.2. The Labute approximate surface area is 188 Å². The second kappa shape index (κ2) is 8.84. The largest absolute Gasteiger partial charge is 0.497 e. The van der Waals surface area contributed by atoms with Crippen molar-refractivity contribution in [2.75, 3.05) is 12.1 Å². The number of fused-ring (bicyclic) bond motifs is 1. The Hall–Kier alpha value is -4.65. The Morgan fingerprint density at radius 1 is 1.15 bits per heavy atom. The van der Waals surface area contributed by atoms with Gasteiger partial charge in [-0.2, -0.15) is 10.1 Å². The minimum absolute atomic E-state index is 0.00334. The summed E-state index contributed by atoms with van der Waals surface area (Å²) in [5, 5.41) is 27.2. The number of hydrazone groups is 1. The standard InChI is InChI=1S/C20H13N5O7S/c1-31-14-5-7-16-17(10-14)33-20(22-16)23(21-11-15-6-8-18(32-15)25(29)30)19(26)12-3-2-4-13(9-12)24(27)28/h2-11H,1H3. The number of aromatic nitrogens is 1. The predicted molar refractivity (Wildman–Crippen MR) is 119 cm³/mol. The molecule has 0 atom stereocenters. The maximum atomic E-state index is 13.2. The summed E-state index contributed by atoms with van der Waals surface area (Å²) in [4.78, 5) is 38.3. The van der Waals surface area contributed by atoms with E-state index in [9.17, 15) is 25.0 Å². The average Bonchev–Trinajstić information content (AvgIpc) is 3.46. The van der Waals surface area contributed by atoms with E-state index in [1.54, 1.807) is 18.2 Å². The van der Waals surface area contributed by atoms with Gasteiger partial charge in [-0.15, -0.1) is 0 Å². The first-order chi connectivity index (χ1) is 15.9. The number of nitro groups is 2. The van der Waals surface area contributed by atoms with Gasteiger partial charge in [-0.25, -0.2) is 4.98 Å². The van der Waals surface area contributed by atoms with Crippen molar-refractivity contribution in [1.82, 2.24) is 4.98 Å². The lowest BCUT2D eigenvalue weighted by Crippen LogP contribution is -2.25. The molecule has 13 heteroatoms. The number of nitro benzene ring substituents is 1. The van der Waals surface area contributed by atoms with E-state index in [0.717, 1.165) is 34.7 Å². The molecule has 0 fully saturated rings. The average molecular weight is 467 g/mol. The van der Waals surface area contributed by atoms with Gasteiger partial charge in [0.2, 0.25) is 5.13 Å². The van der Waals surface area contributed by atoms with Crippen LogP contribution in [-0.4, -0.2) is 34.1 Å². The molecule has 0 unspecified atom stereocenters. The van der Waals surface area contributed by atoms with Crippen LogP contribution in [0.5, 0.6) is 5.75 Å². The number of nitrogens with zero attached hydrogens (tertiary/aromatic N) is 5. The third-order valence-electron chi connectivity index (χ3n) is 4.35. The van der Waals surface area contributed by atoms with Gasteiger partial charge in [-0.3, -0.25) is 25.0 Å². The SMILES string of the molecule is COc1ccc2nc(N(N=Cc3ccc([N+](=O)[O-])o3)C(=O)c3cccc([N+](=O)[O-])c3)sc2c1. The summed E-state index contributed by atoms with van der Waals surface area (Å²) in [6, 6.07) is 12.8. The van der Waals surface area contributed by atoms with E-state index in [0.29, 0.717) is 16.0 Å². The zero-order valence-corrected chi connectivity index (χ0v) is 17.6. The summed E-state index contributed by atoms with van der Waals surface area (Å²) < 4.78 is 11.0. The van der Waals surface area contributed by atoms with Crippen LogP contribution in [0.1, 0.15) is 16.1 Å². The van der Waals surface area contributed by atoms with E-state index in [1.807, 2.05) is 0 Å². The van der Waals surface area contributed by atoms with Crippen molar-refractivity contribution in [2.24, 2.45) is 5.10 Å². The maximum Gasteiger partial charge on any atom is 0.433 e. The number of ether oxygens (including phenoxy) is 1. The smallest absolute Gasteiger partial charge is 0.433 e. The van der Waals surface area contributed by atoms with Gasteiger partial charge in [-0.1, -0.05) is 17.4 Å². The van der Waals surface area contributed by atoms with Crippen molar-refractivity contribution in [3.8, 4) is 5.75 Å². The molecule has 0 aliphatic rings. The Balaban J connectivity index is 1.76. The molecule has 2 aromatic carbocycles. The fourth-order valence-corrected chi connectivity index (χ4v) is 3.75. The molecule has 4 rings (SSSR count). The minimum Gasteiger partial charge on any atom is -0.497 e. The van der Waals surface area contributed by atoms with E-state index in [-0.39, 0.29) is 22.1 Å². The van der Waals surface area contributed by atoms with Gasteiger partial charge in [0, 0.05) is 17.7 Å². The van der Waals surface area contributed by atoms with Crippen LogP contribution in [0.25, 0.3) is 10.2 Å². The molecule has 0 radical (unpaired) electrons. The second-order valence-electron chi connectivity index (χ2n) is 6.43. The number of hydrogen-bond acceptors (Lipinski definition) is 10. The highest BCUT2D eigenvalue weighted by Crippen LogP contribution is 2.32. The monoisotopic (exact) mass is 467 g/mol. The number of methoxy groups -OCH3 is 1. The molecule has 4 aromatic rings. The van der Waals surface area contributed by atoms with Gasteiger partial charge in [-0.05, 0) is 30.3 Å². The Morgan fingerprint density at radius 2 is 1.97 bits per heavy atom. The van der Waals surface area contributed by atoms with Crippen molar-refractivity contribution in [3.05, 3.63) is 86.1 Å². The van der Waals surface area contributed by atoms with Gasteiger partial charge in [0.15, 0.2) is 5.76 Å². The van der Waals surface area contributed by atoms with Crippen LogP contribution in [-0.2, 0) is 0 Å². The molecule has 1 amide bonds. The number of carbonyl (C=O) groups is 1. The highest BCUT2D eigenvalue weighted by Gasteiger charge is 2.23. The van der Waals surface area contributed by atoms with Crippen LogP contribution in [0.3, 0.4) is 0 Å². The Bertz CT molecular complexity index is 1410. The van der Waals surface area contributed by atoms with Gasteiger partial charge < -0.3 is 9.15 Å². The van der Waals surface area contributed by atoms with Crippen LogP contribution < -0.4 is 9.75 Å². The minimum atomic E-state index is -0.704. The second-order valence-corrected chi connectivity index (χ2v) is 7.44. The first kappa shape index (κ1) is 21.6. The van der Waals surface area contributed by atoms with Crippen molar-refractivity contribution >= 4 is 50.4 Å². The molecule has 2 aromatic heterocycles. The number of non-ortho nitro benzene ring substituents is 1. The van der Waals surface area contributed by atoms with Gasteiger partial charge in [0.05, 0.1) is 34.5 Å². The van der Waals surface area contributed by atoms with Crippen LogP contribution in [0.4, 0.5) is 16.7 Å². The van der Waals surface area contributed by atoms with Gasteiger partial charge >= 0.3 is 5.88 Å². The zero-order chi connectivity index (χ0) is 23.5. The highest BCUT2D eigenvalue weighted by molar-refractivity contribution is 7.22. The van der Waals surface area contributed by atoms with Crippen molar-refractivity contribution < 1.29 is 23.8 Å². The van der Waals surface area contributed by atoms with E-state index in [2.05, 4.69) is 10.1 Å². The molecule has 0 bridgehead atoms. The molecule has 0 aliphatic heterocycles. The number of benzene rings is 2. The molecular weight excluding hydrogens is 454 g/mol. The van der Waals surface area contributed by atoms with Crippen molar-refractivity contribution in [1.29, 1.82) is 0 Å². The molecule has 0 saturated carbocycles.